The topological polar surface area (TPSA) is 58.6 Å². The van der Waals surface area contributed by atoms with Crippen molar-refractivity contribution >= 4 is 11.9 Å². The fraction of sp³-hybridized carbons (Fsp3) is 0.375. The number of hydrogen-bond donors (Lipinski definition) is 1. The fourth-order valence-corrected chi connectivity index (χ4v) is 2.25. The molecule has 1 fully saturated rings. The van der Waals surface area contributed by atoms with Gasteiger partial charge >= 0.3 is 5.97 Å². The van der Waals surface area contributed by atoms with Gasteiger partial charge in [-0.1, -0.05) is 36.4 Å². The maximum Gasteiger partial charge on any atom is 0.308 e. The minimum Gasteiger partial charge on any atom is -0.461 e. The summed E-state index contributed by atoms with van der Waals surface area (Å²) in [4.78, 5) is 25.7. The van der Waals surface area contributed by atoms with Crippen LogP contribution >= 0.6 is 0 Å². The number of piperazine rings is 1. The number of nitrogens with zero attached hydrogens (tertiary/aromatic N) is 1. The van der Waals surface area contributed by atoms with Gasteiger partial charge in [0.15, 0.2) is 0 Å². The molecule has 112 valence electrons. The standard InChI is InChI=1S/C16H20N2O3/c1-2-9-18-10-8-17-14(16(18)20)11-15(19)21-12-13-6-4-3-5-7-13/h2-7,14,17H,1,8-12H2. The normalized spacial score (nSPS) is 18.4. The first-order valence-corrected chi connectivity index (χ1v) is 7.03. The number of rotatable bonds is 6. The van der Waals surface area contributed by atoms with E-state index in [1.807, 2.05) is 30.3 Å². The van der Waals surface area contributed by atoms with Crippen LogP contribution in [0.1, 0.15) is 12.0 Å². The van der Waals surface area contributed by atoms with Crippen molar-refractivity contribution in [3.63, 3.8) is 0 Å². The van der Waals surface area contributed by atoms with Gasteiger partial charge in [0.25, 0.3) is 0 Å². The molecule has 5 heteroatoms. The first-order chi connectivity index (χ1) is 10.2. The number of carbonyl (C=O) groups is 2. The average molecular weight is 288 g/mol. The second-order valence-corrected chi connectivity index (χ2v) is 4.93. The van der Waals surface area contributed by atoms with Crippen molar-refractivity contribution in [1.29, 1.82) is 0 Å². The van der Waals surface area contributed by atoms with Crippen molar-refractivity contribution in [3.05, 3.63) is 48.6 Å². The Kier molecular flexibility index (Phi) is 5.51. The van der Waals surface area contributed by atoms with E-state index in [2.05, 4.69) is 11.9 Å². The summed E-state index contributed by atoms with van der Waals surface area (Å²) in [6.45, 7) is 5.69. The van der Waals surface area contributed by atoms with E-state index >= 15 is 0 Å². The Morgan fingerprint density at radius 3 is 2.90 bits per heavy atom. The third-order valence-electron chi connectivity index (χ3n) is 3.35. The third kappa shape index (κ3) is 4.43. The largest absolute Gasteiger partial charge is 0.461 e. The van der Waals surface area contributed by atoms with E-state index in [9.17, 15) is 9.59 Å². The van der Waals surface area contributed by atoms with Gasteiger partial charge in [-0.25, -0.2) is 0 Å². The predicted octanol–water partition coefficient (Wildman–Crippen LogP) is 1.11. The van der Waals surface area contributed by atoms with Crippen molar-refractivity contribution in [1.82, 2.24) is 10.2 Å². The Labute approximate surface area is 124 Å². The van der Waals surface area contributed by atoms with Gasteiger partial charge in [0.05, 0.1) is 12.5 Å². The Hall–Kier alpha value is -2.14. The van der Waals surface area contributed by atoms with Crippen molar-refractivity contribution in [2.75, 3.05) is 19.6 Å². The number of nitrogens with one attached hydrogen (secondary N) is 1. The molecule has 1 saturated heterocycles. The Bertz CT molecular complexity index is 502. The second kappa shape index (κ2) is 7.59. The maximum atomic E-state index is 12.1. The summed E-state index contributed by atoms with van der Waals surface area (Å²) in [5, 5.41) is 3.06. The average Bonchev–Trinajstić information content (AvgIpc) is 2.50. The van der Waals surface area contributed by atoms with E-state index < -0.39 is 6.04 Å². The van der Waals surface area contributed by atoms with Crippen LogP contribution in [0.25, 0.3) is 0 Å². The van der Waals surface area contributed by atoms with Gasteiger partial charge in [0.1, 0.15) is 6.61 Å². The van der Waals surface area contributed by atoms with Gasteiger partial charge in [-0.15, -0.1) is 6.58 Å². The zero-order valence-corrected chi connectivity index (χ0v) is 12.0. The van der Waals surface area contributed by atoms with Crippen LogP contribution in [-0.2, 0) is 20.9 Å². The molecular weight excluding hydrogens is 268 g/mol. The van der Waals surface area contributed by atoms with E-state index in [1.165, 1.54) is 0 Å². The SMILES string of the molecule is C=CCN1CCNC(CC(=O)OCc2ccccc2)C1=O. The molecule has 0 bridgehead atoms. The van der Waals surface area contributed by atoms with Crippen LogP contribution in [-0.4, -0.2) is 42.5 Å². The van der Waals surface area contributed by atoms with Crippen molar-refractivity contribution in [3.8, 4) is 0 Å². The molecule has 1 aromatic rings. The molecule has 1 atom stereocenters. The van der Waals surface area contributed by atoms with Crippen molar-refractivity contribution < 1.29 is 14.3 Å². The number of ether oxygens (including phenoxy) is 1. The van der Waals surface area contributed by atoms with E-state index in [4.69, 9.17) is 4.74 Å². The van der Waals surface area contributed by atoms with Gasteiger partial charge in [-0.2, -0.15) is 0 Å². The molecule has 1 aliphatic heterocycles. The van der Waals surface area contributed by atoms with Crippen molar-refractivity contribution in [2.45, 2.75) is 19.1 Å². The minimum absolute atomic E-state index is 0.0549. The van der Waals surface area contributed by atoms with Gasteiger partial charge in [0.2, 0.25) is 5.91 Å². The first kappa shape index (κ1) is 15.3. The molecule has 0 aliphatic carbocycles. The summed E-state index contributed by atoms with van der Waals surface area (Å²) >= 11 is 0. The minimum atomic E-state index is -0.498. The molecule has 1 N–H and O–H groups in total. The van der Waals surface area contributed by atoms with Gasteiger partial charge in [-0.3, -0.25) is 9.59 Å². The van der Waals surface area contributed by atoms with Crippen LogP contribution in [0, 0.1) is 0 Å². The smallest absolute Gasteiger partial charge is 0.308 e. The van der Waals surface area contributed by atoms with E-state index in [0.717, 1.165) is 5.56 Å². The molecule has 0 spiro atoms. The Balaban J connectivity index is 1.81. The molecule has 21 heavy (non-hydrogen) atoms. The fourth-order valence-electron chi connectivity index (χ4n) is 2.25. The monoisotopic (exact) mass is 288 g/mol. The molecule has 1 amide bonds. The lowest BCUT2D eigenvalue weighted by molar-refractivity contribution is -0.149. The summed E-state index contributed by atoms with van der Waals surface area (Å²) in [7, 11) is 0. The van der Waals surface area contributed by atoms with Gasteiger partial charge in [0, 0.05) is 19.6 Å². The lowest BCUT2D eigenvalue weighted by Gasteiger charge is -2.32. The highest BCUT2D eigenvalue weighted by Gasteiger charge is 2.29. The molecule has 0 radical (unpaired) electrons. The van der Waals surface area contributed by atoms with Crippen LogP contribution in [0.5, 0.6) is 0 Å². The molecule has 1 aliphatic rings. The van der Waals surface area contributed by atoms with E-state index in [-0.39, 0.29) is 24.9 Å². The summed E-state index contributed by atoms with van der Waals surface area (Å²) in [5.41, 5.74) is 0.932. The summed E-state index contributed by atoms with van der Waals surface area (Å²) in [5.74, 6) is -0.442. The number of esters is 1. The lowest BCUT2D eigenvalue weighted by atomic mass is 10.1. The lowest BCUT2D eigenvalue weighted by Crippen LogP contribution is -2.55. The highest BCUT2D eigenvalue weighted by atomic mass is 16.5. The van der Waals surface area contributed by atoms with Gasteiger partial charge in [-0.05, 0) is 5.56 Å². The van der Waals surface area contributed by atoms with E-state index in [1.54, 1.807) is 11.0 Å². The Morgan fingerprint density at radius 2 is 2.19 bits per heavy atom. The Morgan fingerprint density at radius 1 is 1.43 bits per heavy atom. The molecule has 1 heterocycles. The third-order valence-corrected chi connectivity index (χ3v) is 3.35. The molecule has 2 rings (SSSR count). The number of benzene rings is 1. The number of hydrogen-bond acceptors (Lipinski definition) is 4. The predicted molar refractivity (Wildman–Crippen MR) is 79.4 cm³/mol. The summed E-state index contributed by atoms with van der Waals surface area (Å²) in [6, 6.07) is 8.98. The van der Waals surface area contributed by atoms with Crippen LogP contribution in [0.3, 0.4) is 0 Å². The highest BCUT2D eigenvalue weighted by Crippen LogP contribution is 2.08. The molecule has 1 unspecified atom stereocenters. The molecule has 5 nitrogen and oxygen atoms in total. The number of carbonyl (C=O) groups excluding carboxylic acids is 2. The quantitative estimate of drug-likeness (QED) is 0.629. The summed E-state index contributed by atoms with van der Waals surface area (Å²) < 4.78 is 5.20. The van der Waals surface area contributed by atoms with Gasteiger partial charge < -0.3 is 15.0 Å². The molecular formula is C16H20N2O3. The number of amides is 1. The zero-order chi connectivity index (χ0) is 15.1. The molecule has 0 saturated carbocycles. The first-order valence-electron chi connectivity index (χ1n) is 7.03. The summed E-state index contributed by atoms with van der Waals surface area (Å²) in [6.07, 6.45) is 1.74. The van der Waals surface area contributed by atoms with Crippen LogP contribution in [0.4, 0.5) is 0 Å². The molecule has 0 aromatic heterocycles. The van der Waals surface area contributed by atoms with E-state index in [0.29, 0.717) is 19.6 Å². The maximum absolute atomic E-state index is 12.1. The zero-order valence-electron chi connectivity index (χ0n) is 12.0. The molecule has 1 aromatic carbocycles. The van der Waals surface area contributed by atoms with Crippen LogP contribution in [0.2, 0.25) is 0 Å². The van der Waals surface area contributed by atoms with Crippen LogP contribution in [0.15, 0.2) is 43.0 Å². The second-order valence-electron chi connectivity index (χ2n) is 4.93. The van der Waals surface area contributed by atoms with Crippen LogP contribution < -0.4 is 5.32 Å². The van der Waals surface area contributed by atoms with Crippen molar-refractivity contribution in [2.24, 2.45) is 0 Å². The highest BCUT2D eigenvalue weighted by molar-refractivity contribution is 5.87.